The van der Waals surface area contributed by atoms with Crippen LogP contribution < -0.4 is 20.6 Å². The molecule has 2 aromatic carbocycles. The van der Waals surface area contributed by atoms with Gasteiger partial charge in [-0.3, -0.25) is 0 Å². The van der Waals surface area contributed by atoms with Gasteiger partial charge in [0.2, 0.25) is 0 Å². The van der Waals surface area contributed by atoms with E-state index in [1.54, 1.807) is 18.1 Å². The first kappa shape index (κ1) is 20.6. The number of benzene rings is 2. The SMILES string of the molecule is COc1ccc([C@H](C[NH2+]Cc2cc(=O)oc3c(C)c(C)ccc23)[NH+]2CCCC2)cc1. The topological polar surface area (TPSA) is 60.5 Å². The van der Waals surface area contributed by atoms with Gasteiger partial charge in [0.15, 0.2) is 6.04 Å². The van der Waals surface area contributed by atoms with Crippen molar-refractivity contribution in [1.82, 2.24) is 0 Å². The number of quaternary nitrogens is 2. The van der Waals surface area contributed by atoms with E-state index in [0.29, 0.717) is 6.04 Å². The second kappa shape index (κ2) is 9.02. The predicted molar refractivity (Wildman–Crippen MR) is 118 cm³/mol. The zero-order valence-corrected chi connectivity index (χ0v) is 18.2. The Morgan fingerprint density at radius 1 is 1.10 bits per heavy atom. The molecule has 158 valence electrons. The molecule has 5 heteroatoms. The first-order chi connectivity index (χ1) is 14.6. The lowest BCUT2D eigenvalue weighted by Crippen LogP contribution is -3.13. The summed E-state index contributed by atoms with van der Waals surface area (Å²) in [6.45, 7) is 8.26. The predicted octanol–water partition coefficient (Wildman–Crippen LogP) is 1.90. The van der Waals surface area contributed by atoms with Gasteiger partial charge in [-0.05, 0) is 49.2 Å². The van der Waals surface area contributed by atoms with Gasteiger partial charge >= 0.3 is 5.63 Å². The summed E-state index contributed by atoms with van der Waals surface area (Å²) in [5, 5.41) is 3.38. The summed E-state index contributed by atoms with van der Waals surface area (Å²) < 4.78 is 10.9. The van der Waals surface area contributed by atoms with Crippen molar-refractivity contribution in [2.24, 2.45) is 0 Å². The molecule has 2 heterocycles. The van der Waals surface area contributed by atoms with Crippen LogP contribution in [0.25, 0.3) is 11.0 Å². The van der Waals surface area contributed by atoms with Crippen LogP contribution >= 0.6 is 0 Å². The molecule has 3 N–H and O–H groups in total. The number of aryl methyl sites for hydroxylation is 2. The third-order valence-electron chi connectivity index (χ3n) is 6.54. The maximum Gasteiger partial charge on any atom is 0.336 e. The van der Waals surface area contributed by atoms with Crippen LogP contribution in [0.5, 0.6) is 5.75 Å². The minimum atomic E-state index is -0.267. The first-order valence-electron chi connectivity index (χ1n) is 10.9. The summed E-state index contributed by atoms with van der Waals surface area (Å²) >= 11 is 0. The van der Waals surface area contributed by atoms with Crippen molar-refractivity contribution in [3.8, 4) is 5.75 Å². The van der Waals surface area contributed by atoms with Crippen LogP contribution in [0.4, 0.5) is 0 Å². The Morgan fingerprint density at radius 3 is 2.53 bits per heavy atom. The van der Waals surface area contributed by atoms with E-state index >= 15 is 0 Å². The fourth-order valence-electron chi connectivity index (χ4n) is 4.65. The highest BCUT2D eigenvalue weighted by molar-refractivity contribution is 5.83. The Kier molecular flexibility index (Phi) is 6.21. The van der Waals surface area contributed by atoms with E-state index in [1.807, 2.05) is 13.8 Å². The fourth-order valence-corrected chi connectivity index (χ4v) is 4.65. The number of nitrogens with one attached hydrogen (secondary N) is 1. The number of nitrogens with two attached hydrogens (primary N) is 1. The van der Waals surface area contributed by atoms with Crippen molar-refractivity contribution in [2.45, 2.75) is 39.3 Å². The van der Waals surface area contributed by atoms with Crippen molar-refractivity contribution in [2.75, 3.05) is 26.7 Å². The highest BCUT2D eigenvalue weighted by Crippen LogP contribution is 2.23. The lowest BCUT2D eigenvalue weighted by Gasteiger charge is -2.24. The van der Waals surface area contributed by atoms with Crippen LogP contribution in [-0.2, 0) is 6.54 Å². The van der Waals surface area contributed by atoms with Crippen molar-refractivity contribution in [3.05, 3.63) is 75.1 Å². The van der Waals surface area contributed by atoms with E-state index in [-0.39, 0.29) is 5.63 Å². The van der Waals surface area contributed by atoms with Gasteiger partial charge in [0.1, 0.15) is 24.4 Å². The molecule has 0 aliphatic carbocycles. The smallest absolute Gasteiger partial charge is 0.336 e. The largest absolute Gasteiger partial charge is 0.497 e. The molecule has 1 atom stereocenters. The summed E-state index contributed by atoms with van der Waals surface area (Å²) in [4.78, 5) is 13.8. The van der Waals surface area contributed by atoms with Crippen molar-refractivity contribution < 1.29 is 19.4 Å². The molecule has 1 fully saturated rings. The fraction of sp³-hybridized carbons (Fsp3) is 0.400. The molecule has 1 aliphatic rings. The Morgan fingerprint density at radius 2 is 1.83 bits per heavy atom. The van der Waals surface area contributed by atoms with Gasteiger partial charge in [0, 0.05) is 35.4 Å². The van der Waals surface area contributed by atoms with E-state index < -0.39 is 0 Å². The number of likely N-dealkylation sites (tertiary alicyclic amines) is 1. The average molecular weight is 409 g/mol. The number of ether oxygens (including phenoxy) is 1. The summed E-state index contributed by atoms with van der Waals surface area (Å²) in [7, 11) is 1.70. The molecule has 0 radical (unpaired) electrons. The summed E-state index contributed by atoms with van der Waals surface area (Å²) in [5.74, 6) is 0.894. The Labute approximate surface area is 177 Å². The standard InChI is InChI=1S/C25H30N2O3/c1-17-6-11-22-20(14-24(28)30-25(22)18(17)2)15-26-16-23(27-12-4-5-13-27)19-7-9-21(29-3)10-8-19/h6-11,14,23,26H,4-5,12-13,15-16H2,1-3H3/p+2/t23-/m0/s1. The van der Waals surface area contributed by atoms with Gasteiger partial charge in [-0.2, -0.15) is 0 Å². The maximum atomic E-state index is 12.2. The lowest BCUT2D eigenvalue weighted by atomic mass is 10.0. The van der Waals surface area contributed by atoms with E-state index in [4.69, 9.17) is 9.15 Å². The van der Waals surface area contributed by atoms with Gasteiger partial charge in [0.05, 0.1) is 20.2 Å². The van der Waals surface area contributed by atoms with E-state index in [2.05, 4.69) is 41.7 Å². The van der Waals surface area contributed by atoms with E-state index in [1.165, 1.54) is 31.5 Å². The second-order valence-corrected chi connectivity index (χ2v) is 8.39. The zero-order chi connectivity index (χ0) is 21.1. The maximum absolute atomic E-state index is 12.2. The highest BCUT2D eigenvalue weighted by Gasteiger charge is 2.29. The average Bonchev–Trinajstić information content (AvgIpc) is 3.29. The van der Waals surface area contributed by atoms with Gasteiger partial charge in [-0.1, -0.05) is 12.1 Å². The molecule has 1 aliphatic heterocycles. The molecule has 0 amide bonds. The van der Waals surface area contributed by atoms with Crippen LogP contribution in [0.2, 0.25) is 0 Å². The van der Waals surface area contributed by atoms with Crippen LogP contribution in [-0.4, -0.2) is 26.7 Å². The quantitative estimate of drug-likeness (QED) is 0.587. The number of methoxy groups -OCH3 is 1. The van der Waals surface area contributed by atoms with Crippen LogP contribution in [0.3, 0.4) is 0 Å². The van der Waals surface area contributed by atoms with E-state index in [0.717, 1.165) is 46.5 Å². The molecular formula is C25H32N2O3+2. The summed E-state index contributed by atoms with van der Waals surface area (Å²) in [6.07, 6.45) is 2.59. The second-order valence-electron chi connectivity index (χ2n) is 8.39. The molecule has 0 spiro atoms. The number of hydrogen-bond donors (Lipinski definition) is 2. The molecule has 4 rings (SSSR count). The number of hydrogen-bond acceptors (Lipinski definition) is 3. The molecule has 0 unspecified atom stereocenters. The molecule has 5 nitrogen and oxygen atoms in total. The van der Waals surface area contributed by atoms with E-state index in [9.17, 15) is 4.79 Å². The van der Waals surface area contributed by atoms with Gasteiger partial charge in [-0.15, -0.1) is 0 Å². The van der Waals surface area contributed by atoms with Gasteiger partial charge < -0.3 is 19.4 Å². The zero-order valence-electron chi connectivity index (χ0n) is 18.2. The summed E-state index contributed by atoms with van der Waals surface area (Å²) in [6, 6.07) is 14.8. The lowest BCUT2D eigenvalue weighted by molar-refractivity contribution is -0.935. The molecule has 0 bridgehead atoms. The summed E-state index contributed by atoms with van der Waals surface area (Å²) in [5.41, 5.74) is 5.05. The van der Waals surface area contributed by atoms with Crippen molar-refractivity contribution in [3.63, 3.8) is 0 Å². The molecule has 3 aromatic rings. The van der Waals surface area contributed by atoms with Crippen LogP contribution in [0.15, 0.2) is 51.7 Å². The Bertz CT molecular complexity index is 1070. The Hall–Kier alpha value is -2.63. The van der Waals surface area contributed by atoms with Gasteiger partial charge in [0.25, 0.3) is 0 Å². The first-order valence-corrected chi connectivity index (χ1v) is 10.9. The molecule has 1 saturated heterocycles. The molecule has 1 aromatic heterocycles. The van der Waals surface area contributed by atoms with Crippen molar-refractivity contribution in [1.29, 1.82) is 0 Å². The van der Waals surface area contributed by atoms with Crippen LogP contribution in [0, 0.1) is 13.8 Å². The normalized spacial score (nSPS) is 15.6. The molecular weight excluding hydrogens is 376 g/mol. The third-order valence-corrected chi connectivity index (χ3v) is 6.54. The highest BCUT2D eigenvalue weighted by atomic mass is 16.5. The number of rotatable bonds is 7. The third kappa shape index (κ3) is 4.27. The number of fused-ring (bicyclic) bond motifs is 1. The van der Waals surface area contributed by atoms with Gasteiger partial charge in [-0.25, -0.2) is 4.79 Å². The molecule has 30 heavy (non-hydrogen) atoms. The van der Waals surface area contributed by atoms with Crippen molar-refractivity contribution >= 4 is 11.0 Å². The Balaban J connectivity index is 1.54. The van der Waals surface area contributed by atoms with Crippen LogP contribution in [0.1, 0.15) is 41.1 Å². The minimum Gasteiger partial charge on any atom is -0.497 e. The molecule has 0 saturated carbocycles. The monoisotopic (exact) mass is 408 g/mol. The minimum absolute atomic E-state index is 0.267.